The normalized spacial score (nSPS) is 17.9. The van der Waals surface area contributed by atoms with E-state index in [1.165, 1.54) is 0 Å². The van der Waals surface area contributed by atoms with Gasteiger partial charge in [0.15, 0.2) is 5.11 Å². The number of nitrogens with one attached hydrogen (secondary N) is 1. The van der Waals surface area contributed by atoms with Crippen LogP contribution in [0.4, 0.5) is 5.69 Å². The van der Waals surface area contributed by atoms with E-state index < -0.39 is 0 Å². The molecule has 1 aliphatic heterocycles. The first kappa shape index (κ1) is 21.4. The lowest BCUT2D eigenvalue weighted by Gasteiger charge is -2.28. The fourth-order valence-electron chi connectivity index (χ4n) is 4.59. The average molecular weight is 476 g/mol. The van der Waals surface area contributed by atoms with E-state index in [-0.39, 0.29) is 17.8 Å². The molecule has 1 saturated heterocycles. The number of phenols is 1. The van der Waals surface area contributed by atoms with Crippen molar-refractivity contribution in [2.24, 2.45) is 0 Å². The van der Waals surface area contributed by atoms with Crippen molar-refractivity contribution >= 4 is 34.6 Å². The van der Waals surface area contributed by atoms with E-state index in [4.69, 9.17) is 23.8 Å². The Morgan fingerprint density at radius 3 is 2.64 bits per heavy atom. The first-order valence-corrected chi connectivity index (χ1v) is 11.3. The molecule has 0 spiro atoms. The van der Waals surface area contributed by atoms with Crippen molar-refractivity contribution in [3.8, 4) is 11.4 Å². The third kappa shape index (κ3) is 3.73. The van der Waals surface area contributed by atoms with Gasteiger partial charge in [0.2, 0.25) is 0 Å². The van der Waals surface area contributed by atoms with Crippen molar-refractivity contribution in [3.63, 3.8) is 0 Å². The molecule has 33 heavy (non-hydrogen) atoms. The highest BCUT2D eigenvalue weighted by molar-refractivity contribution is 7.80. The second-order valence-corrected chi connectivity index (χ2v) is 8.83. The number of aromatic hydroxyl groups is 1. The Morgan fingerprint density at radius 1 is 1.06 bits per heavy atom. The number of phenolic OH excluding ortho intramolecular Hbond substituents is 1. The summed E-state index contributed by atoms with van der Waals surface area (Å²) < 4.78 is 2.18. The number of benzene rings is 1. The van der Waals surface area contributed by atoms with Crippen molar-refractivity contribution in [1.82, 2.24) is 19.9 Å². The number of aryl methyl sites for hydroxylation is 1. The maximum atomic E-state index is 10.7. The van der Waals surface area contributed by atoms with E-state index >= 15 is 0 Å². The summed E-state index contributed by atoms with van der Waals surface area (Å²) >= 11 is 12.1. The van der Waals surface area contributed by atoms with E-state index in [9.17, 15) is 5.11 Å². The molecule has 3 aromatic heterocycles. The third-order valence-corrected chi connectivity index (χ3v) is 6.54. The summed E-state index contributed by atoms with van der Waals surface area (Å²) in [6.45, 7) is 4.16. The van der Waals surface area contributed by atoms with Gasteiger partial charge in [0, 0.05) is 28.8 Å². The molecule has 5 rings (SSSR count). The van der Waals surface area contributed by atoms with E-state index in [2.05, 4.69) is 39.8 Å². The number of hydrogen-bond donors (Lipinski definition) is 2. The van der Waals surface area contributed by atoms with Gasteiger partial charge in [-0.25, -0.2) is 0 Å². The maximum Gasteiger partial charge on any atom is 0.174 e. The smallest absolute Gasteiger partial charge is 0.174 e. The molecule has 0 radical (unpaired) electrons. The van der Waals surface area contributed by atoms with E-state index in [1.807, 2.05) is 41.4 Å². The second-order valence-electron chi connectivity index (χ2n) is 8.00. The summed E-state index contributed by atoms with van der Waals surface area (Å²) in [4.78, 5) is 10.8. The fraction of sp³-hybridized carbons (Fsp3) is 0.160. The van der Waals surface area contributed by atoms with Crippen molar-refractivity contribution < 1.29 is 5.11 Å². The van der Waals surface area contributed by atoms with Crippen LogP contribution < -0.4 is 10.2 Å². The molecule has 1 fully saturated rings. The molecule has 0 bridgehead atoms. The van der Waals surface area contributed by atoms with E-state index in [1.54, 1.807) is 30.6 Å². The second kappa shape index (κ2) is 8.50. The van der Waals surface area contributed by atoms with Crippen molar-refractivity contribution in [2.75, 3.05) is 4.90 Å². The zero-order chi connectivity index (χ0) is 23.1. The number of hydrogen-bond acceptors (Lipinski definition) is 4. The number of rotatable bonds is 4. The Bertz CT molecular complexity index is 1330. The van der Waals surface area contributed by atoms with Gasteiger partial charge in [0.1, 0.15) is 5.75 Å². The lowest BCUT2D eigenvalue weighted by Crippen LogP contribution is -2.29. The number of halogens is 1. The zero-order valence-corrected chi connectivity index (χ0v) is 19.7. The molecule has 0 aliphatic carbocycles. The topological polar surface area (TPSA) is 66.2 Å². The van der Waals surface area contributed by atoms with Crippen LogP contribution in [0.3, 0.4) is 0 Å². The predicted octanol–water partition coefficient (Wildman–Crippen LogP) is 5.42. The molecule has 4 heterocycles. The standard InChI is InChI=1S/C25H22ClN5OS/c1-15-12-19(16(2)30(15)18-6-5-10-27-14-18)24-23(20-7-3-4-11-28-20)29-25(33)31(24)21-13-17(26)8-9-22(21)32/h3-14,23-24,32H,1-2H3,(H,29,33). The molecule has 2 unspecified atom stereocenters. The van der Waals surface area contributed by atoms with Crippen LogP contribution in [0, 0.1) is 13.8 Å². The van der Waals surface area contributed by atoms with Gasteiger partial charge in [-0.15, -0.1) is 0 Å². The molecule has 6 nitrogen and oxygen atoms in total. The van der Waals surface area contributed by atoms with E-state index in [0.717, 1.165) is 28.3 Å². The Kier molecular flexibility index (Phi) is 5.52. The number of nitrogens with zero attached hydrogens (tertiary/aromatic N) is 4. The van der Waals surface area contributed by atoms with Gasteiger partial charge < -0.3 is 19.9 Å². The minimum atomic E-state index is -0.256. The molecule has 166 valence electrons. The van der Waals surface area contributed by atoms with Gasteiger partial charge in [-0.2, -0.15) is 0 Å². The quantitative estimate of drug-likeness (QED) is 0.384. The zero-order valence-electron chi connectivity index (χ0n) is 18.1. The van der Waals surface area contributed by atoms with Gasteiger partial charge in [-0.05, 0) is 80.2 Å². The molecular weight excluding hydrogens is 454 g/mol. The van der Waals surface area contributed by atoms with Crippen LogP contribution in [0.25, 0.3) is 5.69 Å². The number of thiocarbonyl (C=S) groups is 1. The van der Waals surface area contributed by atoms with Crippen LogP contribution >= 0.6 is 23.8 Å². The SMILES string of the molecule is Cc1cc(C2C(c3ccccn3)NC(=S)N2c2cc(Cl)ccc2O)c(C)n1-c1cccnc1. The van der Waals surface area contributed by atoms with E-state index in [0.29, 0.717) is 15.8 Å². The molecule has 0 saturated carbocycles. The monoisotopic (exact) mass is 475 g/mol. The highest BCUT2D eigenvalue weighted by atomic mass is 35.5. The molecule has 4 aromatic rings. The van der Waals surface area contributed by atoms with Gasteiger partial charge in [0.05, 0.1) is 35.3 Å². The van der Waals surface area contributed by atoms with Crippen LogP contribution in [0.1, 0.15) is 34.7 Å². The number of anilines is 1. The summed E-state index contributed by atoms with van der Waals surface area (Å²) in [7, 11) is 0. The molecule has 1 aromatic carbocycles. The Morgan fingerprint density at radius 2 is 1.91 bits per heavy atom. The summed E-state index contributed by atoms with van der Waals surface area (Å²) in [6, 6.07) is 16.5. The molecule has 8 heteroatoms. The largest absolute Gasteiger partial charge is 0.506 e. The third-order valence-electron chi connectivity index (χ3n) is 5.99. The van der Waals surface area contributed by atoms with Crippen molar-refractivity contribution in [3.05, 3.63) is 101 Å². The van der Waals surface area contributed by atoms with Crippen molar-refractivity contribution in [1.29, 1.82) is 0 Å². The molecule has 0 amide bonds. The Labute approximate surface area is 202 Å². The average Bonchev–Trinajstić information content (AvgIpc) is 3.31. The molecular formula is C25H22ClN5OS. The number of aromatic nitrogens is 3. The summed E-state index contributed by atoms with van der Waals surface area (Å²) in [5, 5.41) is 15.2. The molecule has 2 N–H and O–H groups in total. The molecule has 1 aliphatic rings. The van der Waals surface area contributed by atoms with Crippen LogP contribution in [0.2, 0.25) is 5.02 Å². The predicted molar refractivity (Wildman–Crippen MR) is 134 cm³/mol. The highest BCUT2D eigenvalue weighted by Crippen LogP contribution is 2.46. The van der Waals surface area contributed by atoms with Crippen LogP contribution in [0.15, 0.2) is 73.2 Å². The lowest BCUT2D eigenvalue weighted by atomic mass is 9.96. The Balaban J connectivity index is 1.71. The lowest BCUT2D eigenvalue weighted by molar-refractivity contribution is 0.472. The first-order valence-electron chi connectivity index (χ1n) is 10.5. The Hall–Kier alpha value is -3.42. The minimum absolute atomic E-state index is 0.108. The minimum Gasteiger partial charge on any atom is -0.506 e. The van der Waals surface area contributed by atoms with Gasteiger partial charge in [-0.3, -0.25) is 9.97 Å². The summed E-state index contributed by atoms with van der Waals surface area (Å²) in [5.74, 6) is 0.108. The van der Waals surface area contributed by atoms with Crippen LogP contribution in [0.5, 0.6) is 5.75 Å². The van der Waals surface area contributed by atoms with Crippen molar-refractivity contribution in [2.45, 2.75) is 25.9 Å². The number of pyridine rings is 2. The molecule has 2 atom stereocenters. The van der Waals surface area contributed by atoms with Gasteiger partial charge in [-0.1, -0.05) is 17.7 Å². The van der Waals surface area contributed by atoms with Gasteiger partial charge in [0.25, 0.3) is 0 Å². The summed E-state index contributed by atoms with van der Waals surface area (Å²) in [6.07, 6.45) is 5.38. The maximum absolute atomic E-state index is 10.7. The summed E-state index contributed by atoms with van der Waals surface area (Å²) in [5.41, 5.74) is 5.60. The van der Waals surface area contributed by atoms with Crippen LogP contribution in [-0.4, -0.2) is 24.8 Å². The highest BCUT2D eigenvalue weighted by Gasteiger charge is 2.43. The van der Waals surface area contributed by atoms with Gasteiger partial charge >= 0.3 is 0 Å². The van der Waals surface area contributed by atoms with Crippen LogP contribution in [-0.2, 0) is 0 Å². The first-order chi connectivity index (χ1) is 16.0. The fourth-order valence-corrected chi connectivity index (χ4v) is 5.10.